The molecule has 1 aromatic heterocycles. The number of alkyl halides is 3. The SMILES string of the molecule is CCc1cc(N)nc(-c2ccccc2OC(F)(F)F)n1. The highest BCUT2D eigenvalue weighted by Gasteiger charge is 2.32. The van der Waals surface area contributed by atoms with Gasteiger partial charge in [0.25, 0.3) is 0 Å². The minimum absolute atomic E-state index is 0.113. The van der Waals surface area contributed by atoms with Crippen molar-refractivity contribution < 1.29 is 17.9 Å². The first-order valence-corrected chi connectivity index (χ1v) is 5.87. The van der Waals surface area contributed by atoms with E-state index >= 15 is 0 Å². The van der Waals surface area contributed by atoms with Gasteiger partial charge in [-0.3, -0.25) is 0 Å². The Morgan fingerprint density at radius 3 is 2.55 bits per heavy atom. The Morgan fingerprint density at radius 1 is 1.20 bits per heavy atom. The van der Waals surface area contributed by atoms with E-state index in [9.17, 15) is 13.2 Å². The molecule has 1 heterocycles. The first kappa shape index (κ1) is 14.1. The summed E-state index contributed by atoms with van der Waals surface area (Å²) in [6, 6.07) is 7.27. The first-order chi connectivity index (χ1) is 9.39. The lowest BCUT2D eigenvalue weighted by atomic mass is 10.2. The predicted octanol–water partition coefficient (Wildman–Crippen LogP) is 3.19. The smallest absolute Gasteiger partial charge is 0.405 e. The van der Waals surface area contributed by atoms with Crippen LogP contribution < -0.4 is 10.5 Å². The summed E-state index contributed by atoms with van der Waals surface area (Å²) in [6.07, 6.45) is -4.17. The molecule has 2 N–H and O–H groups in total. The zero-order valence-corrected chi connectivity index (χ0v) is 10.6. The van der Waals surface area contributed by atoms with Crippen LogP contribution in [0.1, 0.15) is 12.6 Å². The Bertz CT molecular complexity index is 614. The molecule has 0 aliphatic heterocycles. The van der Waals surface area contributed by atoms with Gasteiger partial charge in [-0.25, -0.2) is 9.97 Å². The lowest BCUT2D eigenvalue weighted by Gasteiger charge is -2.13. The van der Waals surface area contributed by atoms with E-state index in [4.69, 9.17) is 5.73 Å². The van der Waals surface area contributed by atoms with Crippen molar-refractivity contribution >= 4 is 5.82 Å². The number of ether oxygens (including phenoxy) is 1. The van der Waals surface area contributed by atoms with E-state index in [1.54, 1.807) is 12.1 Å². The van der Waals surface area contributed by atoms with E-state index in [2.05, 4.69) is 14.7 Å². The van der Waals surface area contributed by atoms with Crippen LogP contribution in [0, 0.1) is 0 Å². The number of benzene rings is 1. The standard InChI is InChI=1S/C13H12F3N3O/c1-2-8-7-11(17)19-12(18-8)9-5-3-4-6-10(9)20-13(14,15)16/h3-7H,2H2,1H3,(H2,17,18,19). The molecule has 4 nitrogen and oxygen atoms in total. The Morgan fingerprint density at radius 2 is 1.90 bits per heavy atom. The molecule has 0 saturated heterocycles. The number of rotatable bonds is 3. The minimum atomic E-state index is -4.77. The molecule has 0 bridgehead atoms. The second-order valence-electron chi connectivity index (χ2n) is 4.01. The molecule has 0 fully saturated rings. The van der Waals surface area contributed by atoms with Crippen LogP contribution in [-0.2, 0) is 6.42 Å². The van der Waals surface area contributed by atoms with Gasteiger partial charge in [-0.05, 0) is 18.6 Å². The van der Waals surface area contributed by atoms with Crippen molar-refractivity contribution in [2.75, 3.05) is 5.73 Å². The maximum absolute atomic E-state index is 12.4. The molecule has 0 aliphatic rings. The minimum Gasteiger partial charge on any atom is -0.405 e. The van der Waals surface area contributed by atoms with Crippen LogP contribution in [0.2, 0.25) is 0 Å². The van der Waals surface area contributed by atoms with Gasteiger partial charge in [-0.15, -0.1) is 13.2 Å². The van der Waals surface area contributed by atoms with E-state index in [-0.39, 0.29) is 23.0 Å². The van der Waals surface area contributed by atoms with E-state index in [1.807, 2.05) is 6.92 Å². The zero-order chi connectivity index (χ0) is 14.8. The van der Waals surface area contributed by atoms with Crippen LogP contribution in [0.3, 0.4) is 0 Å². The van der Waals surface area contributed by atoms with Crippen molar-refractivity contribution in [1.82, 2.24) is 9.97 Å². The lowest BCUT2D eigenvalue weighted by Crippen LogP contribution is -2.17. The number of aromatic nitrogens is 2. The fourth-order valence-electron chi connectivity index (χ4n) is 1.69. The molecular weight excluding hydrogens is 271 g/mol. The maximum atomic E-state index is 12.4. The summed E-state index contributed by atoms with van der Waals surface area (Å²) >= 11 is 0. The number of nitrogens with two attached hydrogens (primary N) is 1. The molecule has 106 valence electrons. The second-order valence-corrected chi connectivity index (χ2v) is 4.01. The third-order valence-electron chi connectivity index (χ3n) is 2.51. The number of nitrogens with zero attached hydrogens (tertiary/aromatic N) is 2. The number of nitrogen functional groups attached to an aromatic ring is 1. The van der Waals surface area contributed by atoms with Crippen molar-refractivity contribution in [3.05, 3.63) is 36.0 Å². The Kier molecular flexibility index (Phi) is 3.78. The van der Waals surface area contributed by atoms with E-state index in [0.29, 0.717) is 12.1 Å². The predicted molar refractivity (Wildman–Crippen MR) is 67.9 cm³/mol. The highest BCUT2D eigenvalue weighted by Crippen LogP contribution is 2.32. The molecule has 0 spiro atoms. The maximum Gasteiger partial charge on any atom is 0.573 e. The first-order valence-electron chi connectivity index (χ1n) is 5.87. The summed E-state index contributed by atoms with van der Waals surface area (Å²) in [5.74, 6) is -0.0389. The van der Waals surface area contributed by atoms with Gasteiger partial charge in [-0.1, -0.05) is 19.1 Å². The molecule has 0 saturated carbocycles. The number of hydrogen-bond acceptors (Lipinski definition) is 4. The average molecular weight is 283 g/mol. The van der Waals surface area contributed by atoms with Crippen molar-refractivity contribution in [3.8, 4) is 17.1 Å². The summed E-state index contributed by atoms with van der Waals surface area (Å²) in [4.78, 5) is 8.14. The number of aryl methyl sites for hydroxylation is 1. The van der Waals surface area contributed by atoms with Crippen LogP contribution in [0.25, 0.3) is 11.4 Å². The van der Waals surface area contributed by atoms with E-state index in [1.165, 1.54) is 18.2 Å². The molecular formula is C13H12F3N3O. The molecule has 1 aromatic carbocycles. The normalized spacial score (nSPS) is 11.4. The van der Waals surface area contributed by atoms with Crippen molar-refractivity contribution in [2.45, 2.75) is 19.7 Å². The van der Waals surface area contributed by atoms with Crippen LogP contribution in [0.5, 0.6) is 5.75 Å². The Balaban J connectivity index is 2.50. The number of anilines is 1. The lowest BCUT2D eigenvalue weighted by molar-refractivity contribution is -0.274. The van der Waals surface area contributed by atoms with Gasteiger partial charge in [-0.2, -0.15) is 0 Å². The quantitative estimate of drug-likeness (QED) is 0.939. The Labute approximate surface area is 113 Å². The molecule has 0 aliphatic carbocycles. The number of halogens is 3. The molecule has 0 unspecified atom stereocenters. The van der Waals surface area contributed by atoms with Crippen molar-refractivity contribution in [1.29, 1.82) is 0 Å². The molecule has 7 heteroatoms. The summed E-state index contributed by atoms with van der Waals surface area (Å²) in [5, 5.41) is 0. The molecule has 0 amide bonds. The molecule has 20 heavy (non-hydrogen) atoms. The monoisotopic (exact) mass is 283 g/mol. The van der Waals surface area contributed by atoms with Gasteiger partial charge < -0.3 is 10.5 Å². The average Bonchev–Trinajstić information content (AvgIpc) is 2.36. The Hall–Kier alpha value is -2.31. The molecule has 0 radical (unpaired) electrons. The highest BCUT2D eigenvalue weighted by atomic mass is 19.4. The van der Waals surface area contributed by atoms with Gasteiger partial charge in [0, 0.05) is 11.8 Å². The van der Waals surface area contributed by atoms with Gasteiger partial charge in [0.1, 0.15) is 11.6 Å². The van der Waals surface area contributed by atoms with Crippen LogP contribution in [0.15, 0.2) is 30.3 Å². The number of para-hydroxylation sites is 1. The van der Waals surface area contributed by atoms with Gasteiger partial charge in [0.05, 0.1) is 5.56 Å². The third kappa shape index (κ3) is 3.37. The summed E-state index contributed by atoms with van der Waals surface area (Å²) in [5.41, 5.74) is 6.43. The molecule has 2 rings (SSSR count). The topological polar surface area (TPSA) is 61.0 Å². The highest BCUT2D eigenvalue weighted by molar-refractivity contribution is 5.65. The number of hydrogen-bond donors (Lipinski definition) is 1. The largest absolute Gasteiger partial charge is 0.573 e. The fourth-order valence-corrected chi connectivity index (χ4v) is 1.69. The molecule has 2 aromatic rings. The van der Waals surface area contributed by atoms with Crippen LogP contribution in [0.4, 0.5) is 19.0 Å². The van der Waals surface area contributed by atoms with Gasteiger partial charge in [0.15, 0.2) is 5.82 Å². The van der Waals surface area contributed by atoms with Gasteiger partial charge >= 0.3 is 6.36 Å². The van der Waals surface area contributed by atoms with Crippen molar-refractivity contribution in [3.63, 3.8) is 0 Å². The fraction of sp³-hybridized carbons (Fsp3) is 0.231. The summed E-state index contributed by atoms with van der Waals surface area (Å²) in [6.45, 7) is 1.86. The van der Waals surface area contributed by atoms with Crippen LogP contribution in [-0.4, -0.2) is 16.3 Å². The third-order valence-corrected chi connectivity index (χ3v) is 2.51. The zero-order valence-electron chi connectivity index (χ0n) is 10.6. The van der Waals surface area contributed by atoms with E-state index < -0.39 is 6.36 Å². The van der Waals surface area contributed by atoms with Crippen LogP contribution >= 0.6 is 0 Å². The summed E-state index contributed by atoms with van der Waals surface area (Å²) in [7, 11) is 0. The summed E-state index contributed by atoms with van der Waals surface area (Å²) < 4.78 is 41.1. The van der Waals surface area contributed by atoms with Crippen molar-refractivity contribution in [2.24, 2.45) is 0 Å². The molecule has 0 atom stereocenters. The van der Waals surface area contributed by atoms with E-state index in [0.717, 1.165) is 0 Å². The van der Waals surface area contributed by atoms with Gasteiger partial charge in [0.2, 0.25) is 0 Å². The second kappa shape index (κ2) is 5.36.